The zero-order chi connectivity index (χ0) is 19.4. The maximum atomic E-state index is 12.7. The predicted octanol–water partition coefficient (Wildman–Crippen LogP) is 4.45. The number of carbonyl (C=O) groups excluding carboxylic acids is 2. The number of benzene rings is 1. The number of carbonyl (C=O) groups is 2. The maximum Gasteiger partial charge on any atom is 0.287 e. The van der Waals surface area contributed by atoms with Gasteiger partial charge in [0.2, 0.25) is 5.91 Å². The van der Waals surface area contributed by atoms with Crippen LogP contribution in [0.3, 0.4) is 0 Å². The molecule has 2 amide bonds. The lowest BCUT2D eigenvalue weighted by Crippen LogP contribution is -2.47. The number of furan rings is 1. The van der Waals surface area contributed by atoms with E-state index in [0.717, 1.165) is 5.56 Å². The molecule has 0 bridgehead atoms. The Balaban J connectivity index is 1.71. The third-order valence-electron chi connectivity index (χ3n) is 3.86. The topological polar surface area (TPSA) is 84.2 Å². The molecule has 1 unspecified atom stereocenters. The Kier molecular flexibility index (Phi) is 5.93. The fourth-order valence-electron chi connectivity index (χ4n) is 2.46. The Morgan fingerprint density at radius 1 is 1.19 bits per heavy atom. The molecule has 0 aliphatic heterocycles. The summed E-state index contributed by atoms with van der Waals surface area (Å²) in [6, 6.07) is 9.80. The van der Waals surface area contributed by atoms with Crippen molar-refractivity contribution in [2.75, 3.05) is 5.32 Å². The van der Waals surface area contributed by atoms with Crippen molar-refractivity contribution in [1.29, 1.82) is 0 Å². The molecule has 8 heteroatoms. The van der Waals surface area contributed by atoms with E-state index in [4.69, 9.17) is 16.0 Å². The smallest absolute Gasteiger partial charge is 0.287 e. The van der Waals surface area contributed by atoms with Gasteiger partial charge in [-0.1, -0.05) is 43.6 Å². The van der Waals surface area contributed by atoms with Crippen molar-refractivity contribution in [3.8, 4) is 11.3 Å². The number of rotatable bonds is 6. The Morgan fingerprint density at radius 2 is 1.96 bits per heavy atom. The molecule has 0 aliphatic rings. The molecule has 0 saturated carbocycles. The molecule has 3 rings (SSSR count). The van der Waals surface area contributed by atoms with Crippen LogP contribution in [0.25, 0.3) is 11.3 Å². The lowest BCUT2D eigenvalue weighted by molar-refractivity contribution is -0.118. The van der Waals surface area contributed by atoms with Gasteiger partial charge in [0.05, 0.1) is 12.0 Å². The number of anilines is 1. The lowest BCUT2D eigenvalue weighted by atomic mass is 10.0. The van der Waals surface area contributed by atoms with Crippen LogP contribution in [0.1, 0.15) is 24.4 Å². The van der Waals surface area contributed by atoms with Gasteiger partial charge in [-0.15, -0.1) is 11.3 Å². The second kappa shape index (κ2) is 8.37. The van der Waals surface area contributed by atoms with Gasteiger partial charge in [-0.05, 0) is 24.1 Å². The molecular formula is C19H18ClN3O3S. The highest BCUT2D eigenvalue weighted by atomic mass is 35.5. The average molecular weight is 404 g/mol. The summed E-state index contributed by atoms with van der Waals surface area (Å²) in [5.41, 5.74) is 1.48. The number of amides is 2. The van der Waals surface area contributed by atoms with E-state index in [2.05, 4.69) is 15.6 Å². The number of nitrogens with one attached hydrogen (secondary N) is 2. The highest BCUT2D eigenvalue weighted by molar-refractivity contribution is 7.14. The van der Waals surface area contributed by atoms with E-state index in [1.165, 1.54) is 17.6 Å². The van der Waals surface area contributed by atoms with Gasteiger partial charge >= 0.3 is 0 Å². The molecule has 2 heterocycles. The van der Waals surface area contributed by atoms with Crippen molar-refractivity contribution < 1.29 is 14.0 Å². The van der Waals surface area contributed by atoms with E-state index in [0.29, 0.717) is 15.8 Å². The molecule has 0 radical (unpaired) electrons. The van der Waals surface area contributed by atoms with E-state index in [1.807, 2.05) is 37.4 Å². The summed E-state index contributed by atoms with van der Waals surface area (Å²) in [4.78, 5) is 29.3. The molecule has 140 valence electrons. The van der Waals surface area contributed by atoms with Crippen LogP contribution in [0.5, 0.6) is 0 Å². The van der Waals surface area contributed by atoms with Gasteiger partial charge in [0.15, 0.2) is 10.9 Å². The van der Waals surface area contributed by atoms with Crippen LogP contribution in [0.2, 0.25) is 5.02 Å². The van der Waals surface area contributed by atoms with Gasteiger partial charge in [-0.3, -0.25) is 9.59 Å². The van der Waals surface area contributed by atoms with Crippen molar-refractivity contribution >= 4 is 39.9 Å². The molecule has 27 heavy (non-hydrogen) atoms. The Bertz CT molecular complexity index is 937. The number of hydrogen-bond donors (Lipinski definition) is 2. The Labute approximate surface area is 165 Å². The molecule has 6 nitrogen and oxygen atoms in total. The molecule has 0 spiro atoms. The fraction of sp³-hybridized carbons (Fsp3) is 0.211. The van der Waals surface area contributed by atoms with Crippen LogP contribution >= 0.6 is 22.9 Å². The molecule has 2 N–H and O–H groups in total. The first-order valence-electron chi connectivity index (χ1n) is 8.31. The highest BCUT2D eigenvalue weighted by Crippen LogP contribution is 2.30. The molecule has 3 aromatic rings. The standard InChI is InChI=1S/C19H18ClN3O3S/c1-11(2)16(22-17(24)15-8-5-9-26-15)18(25)23-19-21-14(10-27-19)12-6-3-4-7-13(12)20/h3-11,16H,1-2H3,(H,22,24)(H,21,23,25). The summed E-state index contributed by atoms with van der Waals surface area (Å²) in [5, 5.41) is 8.31. The zero-order valence-corrected chi connectivity index (χ0v) is 16.3. The van der Waals surface area contributed by atoms with Gasteiger partial charge in [0.1, 0.15) is 6.04 Å². The second-order valence-electron chi connectivity index (χ2n) is 6.18. The molecule has 0 fully saturated rings. The quantitative estimate of drug-likeness (QED) is 0.636. The molecule has 2 aromatic heterocycles. The van der Waals surface area contributed by atoms with E-state index in [1.54, 1.807) is 18.2 Å². The van der Waals surface area contributed by atoms with E-state index in [-0.39, 0.29) is 17.6 Å². The number of hydrogen-bond acceptors (Lipinski definition) is 5. The summed E-state index contributed by atoms with van der Waals surface area (Å²) in [7, 11) is 0. The SMILES string of the molecule is CC(C)C(NC(=O)c1ccco1)C(=O)Nc1nc(-c2ccccc2Cl)cs1. The van der Waals surface area contributed by atoms with E-state index in [9.17, 15) is 9.59 Å². The minimum atomic E-state index is -0.727. The van der Waals surface area contributed by atoms with Crippen LogP contribution < -0.4 is 10.6 Å². The Morgan fingerprint density at radius 3 is 2.63 bits per heavy atom. The lowest BCUT2D eigenvalue weighted by Gasteiger charge is -2.20. The minimum Gasteiger partial charge on any atom is -0.459 e. The monoisotopic (exact) mass is 403 g/mol. The molecule has 1 atom stereocenters. The van der Waals surface area contributed by atoms with Crippen LogP contribution in [0, 0.1) is 5.92 Å². The Hall–Kier alpha value is -2.64. The average Bonchev–Trinajstić information content (AvgIpc) is 3.31. The predicted molar refractivity (Wildman–Crippen MR) is 106 cm³/mol. The third kappa shape index (κ3) is 4.56. The van der Waals surface area contributed by atoms with Crippen LogP contribution in [-0.2, 0) is 4.79 Å². The summed E-state index contributed by atoms with van der Waals surface area (Å²) in [6.45, 7) is 3.70. The highest BCUT2D eigenvalue weighted by Gasteiger charge is 2.26. The van der Waals surface area contributed by atoms with Gasteiger partial charge in [-0.2, -0.15) is 0 Å². The first-order valence-corrected chi connectivity index (χ1v) is 9.57. The van der Waals surface area contributed by atoms with E-state index < -0.39 is 11.9 Å². The summed E-state index contributed by atoms with van der Waals surface area (Å²) < 4.78 is 5.07. The molecule has 0 saturated heterocycles. The third-order valence-corrected chi connectivity index (χ3v) is 4.95. The number of thiazole rings is 1. The first-order chi connectivity index (χ1) is 13.0. The first kappa shape index (κ1) is 19.1. The van der Waals surface area contributed by atoms with E-state index >= 15 is 0 Å². The van der Waals surface area contributed by atoms with Crippen LogP contribution in [0.4, 0.5) is 5.13 Å². The van der Waals surface area contributed by atoms with Crippen molar-refractivity contribution in [3.05, 3.63) is 58.8 Å². The fourth-order valence-corrected chi connectivity index (χ4v) is 3.41. The summed E-state index contributed by atoms with van der Waals surface area (Å²) in [5.74, 6) is -0.745. The van der Waals surface area contributed by atoms with Crippen molar-refractivity contribution in [2.24, 2.45) is 5.92 Å². The zero-order valence-electron chi connectivity index (χ0n) is 14.7. The van der Waals surface area contributed by atoms with Gasteiger partial charge in [-0.25, -0.2) is 4.98 Å². The number of nitrogens with zero attached hydrogens (tertiary/aromatic N) is 1. The number of halogens is 1. The second-order valence-corrected chi connectivity index (χ2v) is 7.44. The summed E-state index contributed by atoms with van der Waals surface area (Å²) >= 11 is 7.49. The molecule has 1 aromatic carbocycles. The van der Waals surface area contributed by atoms with Crippen LogP contribution in [0.15, 0.2) is 52.5 Å². The molecule has 0 aliphatic carbocycles. The van der Waals surface area contributed by atoms with Gasteiger partial charge in [0.25, 0.3) is 5.91 Å². The van der Waals surface area contributed by atoms with Crippen LogP contribution in [-0.4, -0.2) is 22.8 Å². The molecular weight excluding hydrogens is 386 g/mol. The summed E-state index contributed by atoms with van der Waals surface area (Å²) in [6.07, 6.45) is 1.41. The van der Waals surface area contributed by atoms with Gasteiger partial charge in [0, 0.05) is 16.0 Å². The van der Waals surface area contributed by atoms with Crippen molar-refractivity contribution in [3.63, 3.8) is 0 Å². The van der Waals surface area contributed by atoms with Crippen molar-refractivity contribution in [1.82, 2.24) is 10.3 Å². The number of aromatic nitrogens is 1. The van der Waals surface area contributed by atoms with Crippen molar-refractivity contribution in [2.45, 2.75) is 19.9 Å². The largest absolute Gasteiger partial charge is 0.459 e. The minimum absolute atomic E-state index is 0.119. The maximum absolute atomic E-state index is 12.7. The van der Waals surface area contributed by atoms with Gasteiger partial charge < -0.3 is 15.1 Å². The normalized spacial score (nSPS) is 12.0.